The van der Waals surface area contributed by atoms with Crippen LogP contribution in [0.2, 0.25) is 0 Å². The minimum Gasteiger partial charge on any atom is -0.369 e. The molecule has 0 amide bonds. The third-order valence-electron chi connectivity index (χ3n) is 1.70. The molecule has 84 valence electrons. The first-order valence-electron chi connectivity index (χ1n) is 4.38. The van der Waals surface area contributed by atoms with E-state index in [2.05, 4.69) is 15.3 Å². The number of H-pyrrole nitrogens is 1. The minimum absolute atomic E-state index is 0.146. The maximum atomic E-state index is 11.2. The first kappa shape index (κ1) is 12.6. The highest BCUT2D eigenvalue weighted by Crippen LogP contribution is 2.08. The maximum absolute atomic E-state index is 11.2. The molecule has 1 unspecified atom stereocenters. The van der Waals surface area contributed by atoms with Gasteiger partial charge in [0.2, 0.25) is 0 Å². The Morgan fingerprint density at radius 1 is 1.67 bits per heavy atom. The summed E-state index contributed by atoms with van der Waals surface area (Å²) in [7, 11) is -0.763. The van der Waals surface area contributed by atoms with E-state index in [4.69, 9.17) is 0 Å². The Hall–Kier alpha value is -0.440. The van der Waals surface area contributed by atoms with Crippen LogP contribution in [0, 0.1) is 3.57 Å². The SMILES string of the molecule is CS(=O)CCCNc1nc[nH]c(=O)c1I. The van der Waals surface area contributed by atoms with Crippen LogP contribution in [0.15, 0.2) is 11.1 Å². The van der Waals surface area contributed by atoms with Crippen LogP contribution < -0.4 is 10.9 Å². The maximum Gasteiger partial charge on any atom is 0.266 e. The first-order chi connectivity index (χ1) is 7.11. The van der Waals surface area contributed by atoms with Crippen LogP contribution in [0.4, 0.5) is 5.82 Å². The highest BCUT2D eigenvalue weighted by Gasteiger charge is 2.03. The molecule has 0 saturated carbocycles. The Morgan fingerprint density at radius 2 is 2.40 bits per heavy atom. The van der Waals surface area contributed by atoms with Crippen molar-refractivity contribution in [3.63, 3.8) is 0 Å². The zero-order valence-corrected chi connectivity index (χ0v) is 11.2. The molecule has 0 spiro atoms. The highest BCUT2D eigenvalue weighted by atomic mass is 127. The molecule has 1 aromatic heterocycles. The molecule has 0 fully saturated rings. The van der Waals surface area contributed by atoms with Crippen molar-refractivity contribution in [2.45, 2.75) is 6.42 Å². The van der Waals surface area contributed by atoms with Crippen LogP contribution in [-0.4, -0.2) is 32.7 Å². The number of anilines is 1. The van der Waals surface area contributed by atoms with Crippen molar-refractivity contribution >= 4 is 39.2 Å². The van der Waals surface area contributed by atoms with E-state index in [9.17, 15) is 9.00 Å². The first-order valence-corrected chi connectivity index (χ1v) is 7.19. The quantitative estimate of drug-likeness (QED) is 0.606. The number of nitrogens with one attached hydrogen (secondary N) is 2. The van der Waals surface area contributed by atoms with Gasteiger partial charge in [0.25, 0.3) is 5.56 Å². The van der Waals surface area contributed by atoms with Gasteiger partial charge in [-0.1, -0.05) is 0 Å². The second-order valence-electron chi connectivity index (χ2n) is 2.95. The van der Waals surface area contributed by atoms with Crippen molar-refractivity contribution in [1.29, 1.82) is 0 Å². The van der Waals surface area contributed by atoms with Crippen molar-refractivity contribution in [1.82, 2.24) is 9.97 Å². The summed E-state index contributed by atoms with van der Waals surface area (Å²) in [5, 5.41) is 3.04. The number of hydrogen-bond donors (Lipinski definition) is 2. The van der Waals surface area contributed by atoms with Crippen molar-refractivity contribution in [2.75, 3.05) is 23.9 Å². The van der Waals surface area contributed by atoms with Crippen LogP contribution in [-0.2, 0) is 10.8 Å². The minimum atomic E-state index is -0.763. The topological polar surface area (TPSA) is 74.8 Å². The number of aromatic nitrogens is 2. The second kappa shape index (κ2) is 6.21. The van der Waals surface area contributed by atoms with Crippen molar-refractivity contribution < 1.29 is 4.21 Å². The lowest BCUT2D eigenvalue weighted by atomic mass is 10.4. The van der Waals surface area contributed by atoms with Crippen molar-refractivity contribution in [3.8, 4) is 0 Å². The van der Waals surface area contributed by atoms with E-state index < -0.39 is 10.8 Å². The Balaban J connectivity index is 2.48. The molecule has 1 rings (SSSR count). The molecule has 0 aromatic carbocycles. The normalized spacial score (nSPS) is 12.4. The summed E-state index contributed by atoms with van der Waals surface area (Å²) in [6.45, 7) is 0.673. The van der Waals surface area contributed by atoms with E-state index in [1.54, 1.807) is 6.26 Å². The second-order valence-corrected chi connectivity index (χ2v) is 5.59. The summed E-state index contributed by atoms with van der Waals surface area (Å²) >= 11 is 1.94. The van der Waals surface area contributed by atoms with Gasteiger partial charge in [0.1, 0.15) is 9.39 Å². The Morgan fingerprint density at radius 3 is 3.07 bits per heavy atom. The summed E-state index contributed by atoms with van der Waals surface area (Å²) in [4.78, 5) is 17.7. The van der Waals surface area contributed by atoms with Crippen LogP contribution in [0.3, 0.4) is 0 Å². The molecule has 0 aliphatic rings. The van der Waals surface area contributed by atoms with E-state index in [-0.39, 0.29) is 5.56 Å². The fourth-order valence-corrected chi connectivity index (χ4v) is 2.03. The lowest BCUT2D eigenvalue weighted by Crippen LogP contribution is -2.16. The van der Waals surface area contributed by atoms with Gasteiger partial charge < -0.3 is 10.3 Å². The summed E-state index contributed by atoms with van der Waals surface area (Å²) in [6, 6.07) is 0. The molecule has 0 aliphatic carbocycles. The van der Waals surface area contributed by atoms with Gasteiger partial charge in [0, 0.05) is 29.4 Å². The van der Waals surface area contributed by atoms with E-state index in [1.807, 2.05) is 22.6 Å². The Kier molecular flexibility index (Phi) is 5.23. The van der Waals surface area contributed by atoms with Gasteiger partial charge in [-0.25, -0.2) is 4.98 Å². The Labute approximate surface area is 104 Å². The summed E-state index contributed by atoms with van der Waals surface area (Å²) < 4.78 is 11.3. The largest absolute Gasteiger partial charge is 0.369 e. The van der Waals surface area contributed by atoms with Crippen molar-refractivity contribution in [2.24, 2.45) is 0 Å². The smallest absolute Gasteiger partial charge is 0.266 e. The average molecular weight is 341 g/mol. The van der Waals surface area contributed by atoms with Gasteiger partial charge in [0.05, 0.1) is 6.33 Å². The molecule has 0 saturated heterocycles. The van der Waals surface area contributed by atoms with Gasteiger partial charge in [-0.2, -0.15) is 0 Å². The standard InChI is InChI=1S/C8H12IN3O2S/c1-15(14)4-2-3-10-7-6(9)8(13)12-5-11-7/h5H,2-4H2,1H3,(H2,10,11,12,13). The molecule has 0 radical (unpaired) electrons. The molecule has 1 heterocycles. The van der Waals surface area contributed by atoms with E-state index >= 15 is 0 Å². The number of aromatic amines is 1. The zero-order chi connectivity index (χ0) is 11.3. The summed E-state index contributed by atoms with van der Waals surface area (Å²) in [5.74, 6) is 1.24. The predicted molar refractivity (Wildman–Crippen MR) is 69.6 cm³/mol. The van der Waals surface area contributed by atoms with Crippen LogP contribution in [0.25, 0.3) is 0 Å². The predicted octanol–water partition coefficient (Wildman–Crippen LogP) is 0.555. The van der Waals surface area contributed by atoms with Gasteiger partial charge in [0.15, 0.2) is 0 Å². The third-order valence-corrected chi connectivity index (χ3v) is 3.56. The van der Waals surface area contributed by atoms with Crippen LogP contribution in [0.5, 0.6) is 0 Å². The van der Waals surface area contributed by atoms with Crippen LogP contribution in [0.1, 0.15) is 6.42 Å². The number of halogens is 1. The fourth-order valence-electron chi connectivity index (χ4n) is 0.988. The monoisotopic (exact) mass is 341 g/mol. The summed E-state index contributed by atoms with van der Waals surface area (Å²) in [5.41, 5.74) is -0.146. The molecule has 15 heavy (non-hydrogen) atoms. The molecular weight excluding hydrogens is 329 g/mol. The van der Waals surface area contributed by atoms with E-state index in [0.29, 0.717) is 21.7 Å². The lowest BCUT2D eigenvalue weighted by molar-refractivity contribution is 0.685. The molecule has 5 nitrogen and oxygen atoms in total. The molecule has 1 atom stereocenters. The van der Waals surface area contributed by atoms with Crippen molar-refractivity contribution in [3.05, 3.63) is 20.3 Å². The average Bonchev–Trinajstić information content (AvgIpc) is 2.18. The van der Waals surface area contributed by atoms with E-state index in [0.717, 1.165) is 6.42 Å². The molecule has 2 N–H and O–H groups in total. The third kappa shape index (κ3) is 4.29. The van der Waals surface area contributed by atoms with Gasteiger partial charge in [-0.05, 0) is 29.0 Å². The van der Waals surface area contributed by atoms with Gasteiger partial charge in [-0.15, -0.1) is 0 Å². The number of rotatable bonds is 5. The zero-order valence-electron chi connectivity index (χ0n) is 8.25. The molecule has 7 heteroatoms. The molecule has 0 aliphatic heterocycles. The number of hydrogen-bond acceptors (Lipinski definition) is 4. The van der Waals surface area contributed by atoms with Gasteiger partial charge >= 0.3 is 0 Å². The number of nitrogens with zero attached hydrogens (tertiary/aromatic N) is 1. The molecule has 0 bridgehead atoms. The van der Waals surface area contributed by atoms with E-state index in [1.165, 1.54) is 6.33 Å². The highest BCUT2D eigenvalue weighted by molar-refractivity contribution is 14.1. The summed E-state index contributed by atoms with van der Waals surface area (Å²) in [6.07, 6.45) is 3.84. The van der Waals surface area contributed by atoms with Crippen LogP contribution >= 0.6 is 22.6 Å². The lowest BCUT2D eigenvalue weighted by Gasteiger charge is -2.05. The molecule has 1 aromatic rings. The Bertz CT molecular complexity index is 407. The fraction of sp³-hybridized carbons (Fsp3) is 0.500. The van der Waals surface area contributed by atoms with Gasteiger partial charge in [-0.3, -0.25) is 9.00 Å². The molecular formula is C8H12IN3O2S.